The van der Waals surface area contributed by atoms with Crippen LogP contribution in [0, 0.1) is 11.2 Å². The van der Waals surface area contributed by atoms with Crippen molar-refractivity contribution >= 4 is 17.7 Å². The molecule has 1 atom stereocenters. The summed E-state index contributed by atoms with van der Waals surface area (Å²) in [5, 5.41) is 2.87. The van der Waals surface area contributed by atoms with E-state index in [0.29, 0.717) is 12.1 Å². The zero-order chi connectivity index (χ0) is 17.8. The van der Waals surface area contributed by atoms with Gasteiger partial charge < -0.3 is 10.2 Å². The fourth-order valence-corrected chi connectivity index (χ4v) is 3.59. The minimum absolute atomic E-state index is 0.240. The lowest BCUT2D eigenvalue weighted by molar-refractivity contribution is -0.133. The van der Waals surface area contributed by atoms with Crippen molar-refractivity contribution in [2.24, 2.45) is 5.41 Å². The Kier molecular flexibility index (Phi) is 3.26. The van der Waals surface area contributed by atoms with Crippen molar-refractivity contribution < 1.29 is 13.6 Å². The first-order valence-corrected chi connectivity index (χ1v) is 8.18. The van der Waals surface area contributed by atoms with Crippen molar-refractivity contribution in [3.63, 3.8) is 0 Å². The van der Waals surface area contributed by atoms with Crippen LogP contribution in [0.15, 0.2) is 54.4 Å². The Morgan fingerprint density at radius 3 is 2.44 bits per heavy atom. The van der Waals surface area contributed by atoms with Gasteiger partial charge in [-0.1, -0.05) is 30.3 Å². The number of benzene rings is 2. The smallest absolute Gasteiger partial charge is 0.229 e. The average molecular weight is 340 g/mol. The lowest BCUT2D eigenvalue weighted by Crippen LogP contribution is -2.69. The summed E-state index contributed by atoms with van der Waals surface area (Å²) in [5.74, 6) is -1.13. The number of para-hydroxylation sites is 1. The highest BCUT2D eigenvalue weighted by Gasteiger charge is 2.54. The monoisotopic (exact) mass is 340 g/mol. The van der Waals surface area contributed by atoms with Gasteiger partial charge in [-0.05, 0) is 38.1 Å². The van der Waals surface area contributed by atoms with Crippen molar-refractivity contribution in [3.8, 4) is 0 Å². The minimum Gasteiger partial charge on any atom is -0.338 e. The molecular weight excluding hydrogens is 322 g/mol. The minimum atomic E-state index is -1.45. The molecular formula is C20H18F2N2O. The zero-order valence-corrected chi connectivity index (χ0v) is 14.0. The van der Waals surface area contributed by atoms with Crippen LogP contribution in [0.5, 0.6) is 0 Å². The third kappa shape index (κ3) is 2.18. The summed E-state index contributed by atoms with van der Waals surface area (Å²) in [5.41, 5.74) is -0.0601. The van der Waals surface area contributed by atoms with Crippen LogP contribution in [0.2, 0.25) is 0 Å². The van der Waals surface area contributed by atoms with Crippen LogP contribution in [0.25, 0.3) is 6.08 Å². The number of hydrogen-bond acceptors (Lipinski definition) is 2. The summed E-state index contributed by atoms with van der Waals surface area (Å²) in [6.07, 6.45) is 1.44. The van der Waals surface area contributed by atoms with Crippen LogP contribution in [0.4, 0.5) is 14.5 Å². The van der Waals surface area contributed by atoms with E-state index in [1.165, 1.54) is 30.3 Å². The topological polar surface area (TPSA) is 32.3 Å². The van der Waals surface area contributed by atoms with Gasteiger partial charge in [0, 0.05) is 23.4 Å². The number of nitrogens with zero attached hydrogens (tertiary/aromatic N) is 1. The summed E-state index contributed by atoms with van der Waals surface area (Å²) >= 11 is 0. The quantitative estimate of drug-likeness (QED) is 0.852. The number of hydrogen-bond donors (Lipinski definition) is 1. The Morgan fingerprint density at radius 1 is 1.04 bits per heavy atom. The van der Waals surface area contributed by atoms with Crippen LogP contribution in [-0.4, -0.2) is 12.5 Å². The predicted octanol–water partition coefficient (Wildman–Crippen LogP) is 3.97. The number of rotatable bonds is 1. The van der Waals surface area contributed by atoms with Crippen molar-refractivity contribution in [1.82, 2.24) is 5.32 Å². The molecule has 0 aromatic heterocycles. The number of carbonyl (C=O) groups excluding carboxylic acids is 1. The number of fused-ring (bicyclic) bond motifs is 3. The third-order valence-corrected chi connectivity index (χ3v) is 4.98. The van der Waals surface area contributed by atoms with Gasteiger partial charge in [0.15, 0.2) is 11.5 Å². The Balaban J connectivity index is 1.98. The maximum Gasteiger partial charge on any atom is 0.229 e. The van der Waals surface area contributed by atoms with Gasteiger partial charge in [0.1, 0.15) is 5.82 Å². The summed E-state index contributed by atoms with van der Waals surface area (Å²) in [6.45, 7) is 4.00. The molecule has 2 heterocycles. The first-order valence-electron chi connectivity index (χ1n) is 8.18. The molecule has 2 aromatic rings. The van der Waals surface area contributed by atoms with E-state index in [-0.39, 0.29) is 5.91 Å². The maximum absolute atomic E-state index is 15.4. The molecule has 2 aromatic carbocycles. The molecule has 0 saturated carbocycles. The first kappa shape index (κ1) is 15.8. The van der Waals surface area contributed by atoms with Gasteiger partial charge in [-0.15, -0.1) is 0 Å². The molecule has 0 radical (unpaired) electrons. The van der Waals surface area contributed by atoms with Crippen LogP contribution in [0.3, 0.4) is 0 Å². The molecule has 1 amide bonds. The normalized spacial score (nSPS) is 24.1. The van der Waals surface area contributed by atoms with E-state index in [9.17, 15) is 9.18 Å². The van der Waals surface area contributed by atoms with Gasteiger partial charge in [0.25, 0.3) is 0 Å². The van der Waals surface area contributed by atoms with E-state index in [4.69, 9.17) is 0 Å². The van der Waals surface area contributed by atoms with Crippen LogP contribution < -0.4 is 10.2 Å². The standard InChI is InChI=1S/C20H18F2N2O/c1-19(2)12-24-16-6-4-3-5-13(16)11-17(22)20(24,23-18(19)25)14-7-9-15(21)10-8-14/h3-11H,12H2,1-2H3,(H,23,25). The van der Waals surface area contributed by atoms with E-state index < -0.39 is 22.7 Å². The molecule has 2 aliphatic heterocycles. The van der Waals surface area contributed by atoms with Crippen molar-refractivity contribution in [2.75, 3.05) is 11.4 Å². The second kappa shape index (κ2) is 5.15. The second-order valence-corrected chi connectivity index (χ2v) is 7.19. The number of anilines is 1. The van der Waals surface area contributed by atoms with Crippen molar-refractivity contribution in [1.29, 1.82) is 0 Å². The molecule has 5 heteroatoms. The van der Waals surface area contributed by atoms with E-state index >= 15 is 4.39 Å². The van der Waals surface area contributed by atoms with Gasteiger partial charge in [0.05, 0.1) is 5.41 Å². The molecule has 4 rings (SSSR count). The maximum atomic E-state index is 15.4. The molecule has 0 spiro atoms. The summed E-state index contributed by atoms with van der Waals surface area (Å²) in [7, 11) is 0. The van der Waals surface area contributed by atoms with Gasteiger partial charge >= 0.3 is 0 Å². The molecule has 1 unspecified atom stereocenters. The molecule has 25 heavy (non-hydrogen) atoms. The number of nitrogens with one attached hydrogen (secondary N) is 1. The summed E-state index contributed by atoms with van der Waals surface area (Å²) in [4.78, 5) is 14.5. The predicted molar refractivity (Wildman–Crippen MR) is 92.9 cm³/mol. The second-order valence-electron chi connectivity index (χ2n) is 7.19. The Morgan fingerprint density at radius 2 is 1.72 bits per heavy atom. The molecule has 1 saturated heterocycles. The van der Waals surface area contributed by atoms with Crippen LogP contribution in [-0.2, 0) is 10.5 Å². The average Bonchev–Trinajstić information content (AvgIpc) is 2.57. The third-order valence-electron chi connectivity index (χ3n) is 4.98. The number of carbonyl (C=O) groups is 1. The Hall–Kier alpha value is -2.69. The zero-order valence-electron chi connectivity index (χ0n) is 14.0. The molecule has 128 valence electrons. The van der Waals surface area contributed by atoms with E-state index in [0.717, 1.165) is 11.3 Å². The van der Waals surface area contributed by atoms with Gasteiger partial charge in [-0.25, -0.2) is 8.78 Å². The van der Waals surface area contributed by atoms with Crippen LogP contribution >= 0.6 is 0 Å². The molecule has 0 aliphatic carbocycles. The molecule has 3 nitrogen and oxygen atoms in total. The molecule has 1 N–H and O–H groups in total. The largest absolute Gasteiger partial charge is 0.338 e. The lowest BCUT2D eigenvalue weighted by atomic mass is 9.80. The van der Waals surface area contributed by atoms with E-state index in [2.05, 4.69) is 5.32 Å². The highest BCUT2D eigenvalue weighted by atomic mass is 19.1. The fraction of sp³-hybridized carbons (Fsp3) is 0.250. The molecule has 2 aliphatic rings. The molecule has 0 bridgehead atoms. The Labute approximate surface area is 145 Å². The number of halogens is 2. The fourth-order valence-electron chi connectivity index (χ4n) is 3.59. The SMILES string of the molecule is CC1(C)CN2c3ccccc3C=C(F)C2(c2ccc(F)cc2)NC1=O. The van der Waals surface area contributed by atoms with Crippen LogP contribution in [0.1, 0.15) is 25.0 Å². The summed E-state index contributed by atoms with van der Waals surface area (Å²) in [6, 6.07) is 13.1. The highest BCUT2D eigenvalue weighted by molar-refractivity contribution is 5.89. The lowest BCUT2D eigenvalue weighted by Gasteiger charge is -2.54. The first-order chi connectivity index (χ1) is 11.8. The van der Waals surface area contributed by atoms with Gasteiger partial charge in [-0.3, -0.25) is 4.79 Å². The van der Waals surface area contributed by atoms with E-state index in [1.807, 2.05) is 43.0 Å². The van der Waals surface area contributed by atoms with Gasteiger partial charge in [0.2, 0.25) is 5.91 Å². The number of amides is 1. The summed E-state index contributed by atoms with van der Waals surface area (Å²) < 4.78 is 28.8. The van der Waals surface area contributed by atoms with E-state index in [1.54, 1.807) is 0 Å². The highest BCUT2D eigenvalue weighted by Crippen LogP contribution is 2.48. The van der Waals surface area contributed by atoms with Gasteiger partial charge in [-0.2, -0.15) is 0 Å². The molecule has 1 fully saturated rings. The Bertz CT molecular complexity index is 889. The van der Waals surface area contributed by atoms with Crippen molar-refractivity contribution in [3.05, 3.63) is 71.3 Å². The van der Waals surface area contributed by atoms with Crippen molar-refractivity contribution in [2.45, 2.75) is 19.5 Å².